The molecule has 0 saturated carbocycles. The average Bonchev–Trinajstić information content (AvgIpc) is 3.35. The molecule has 0 amide bonds. The van der Waals surface area contributed by atoms with E-state index in [0.717, 1.165) is 31.7 Å². The van der Waals surface area contributed by atoms with Gasteiger partial charge < -0.3 is 13.9 Å². The SMILES string of the molecule is COc1ccc(S(=O)(=O)NC[C@@H](c2ccco2)N2CCCC2)cc1OC. The van der Waals surface area contributed by atoms with Crippen molar-refractivity contribution in [1.29, 1.82) is 0 Å². The third-order valence-electron chi connectivity index (χ3n) is 4.59. The maximum atomic E-state index is 12.7. The van der Waals surface area contributed by atoms with Crippen LogP contribution >= 0.6 is 0 Å². The minimum Gasteiger partial charge on any atom is -0.493 e. The molecule has 8 heteroatoms. The van der Waals surface area contributed by atoms with Crippen molar-refractivity contribution >= 4 is 10.0 Å². The van der Waals surface area contributed by atoms with E-state index in [0.29, 0.717) is 11.5 Å². The van der Waals surface area contributed by atoms with Crippen molar-refractivity contribution in [1.82, 2.24) is 9.62 Å². The van der Waals surface area contributed by atoms with Crippen LogP contribution in [0.3, 0.4) is 0 Å². The van der Waals surface area contributed by atoms with Gasteiger partial charge in [0.2, 0.25) is 10.0 Å². The summed E-state index contributed by atoms with van der Waals surface area (Å²) in [5.74, 6) is 1.62. The molecule has 142 valence electrons. The van der Waals surface area contributed by atoms with Crippen LogP contribution in [0.2, 0.25) is 0 Å². The first-order valence-electron chi connectivity index (χ1n) is 8.54. The van der Waals surface area contributed by atoms with Crippen molar-refractivity contribution in [2.75, 3.05) is 33.9 Å². The maximum absolute atomic E-state index is 12.7. The van der Waals surface area contributed by atoms with Crippen LogP contribution < -0.4 is 14.2 Å². The van der Waals surface area contributed by atoms with Crippen molar-refractivity contribution in [3.63, 3.8) is 0 Å². The Bertz CT molecular complexity index is 814. The van der Waals surface area contributed by atoms with Gasteiger partial charge in [0.15, 0.2) is 11.5 Å². The highest BCUT2D eigenvalue weighted by molar-refractivity contribution is 7.89. The van der Waals surface area contributed by atoms with Gasteiger partial charge in [-0.2, -0.15) is 0 Å². The van der Waals surface area contributed by atoms with Crippen LogP contribution in [0, 0.1) is 0 Å². The summed E-state index contributed by atoms with van der Waals surface area (Å²) in [5, 5.41) is 0. The van der Waals surface area contributed by atoms with Crippen LogP contribution in [-0.4, -0.2) is 47.2 Å². The molecular formula is C18H24N2O5S. The second-order valence-electron chi connectivity index (χ2n) is 6.14. The van der Waals surface area contributed by atoms with Gasteiger partial charge in [0, 0.05) is 12.6 Å². The molecule has 1 saturated heterocycles. The van der Waals surface area contributed by atoms with E-state index in [4.69, 9.17) is 13.9 Å². The number of nitrogens with one attached hydrogen (secondary N) is 1. The molecule has 0 radical (unpaired) electrons. The summed E-state index contributed by atoms with van der Waals surface area (Å²) in [6, 6.07) is 8.12. The normalized spacial score (nSPS) is 16.5. The molecular weight excluding hydrogens is 356 g/mol. The van der Waals surface area contributed by atoms with Crippen LogP contribution in [0.1, 0.15) is 24.6 Å². The van der Waals surface area contributed by atoms with E-state index in [-0.39, 0.29) is 17.5 Å². The first-order valence-corrected chi connectivity index (χ1v) is 10.0. The average molecular weight is 380 g/mol. The van der Waals surface area contributed by atoms with Crippen LogP contribution in [-0.2, 0) is 10.0 Å². The van der Waals surface area contributed by atoms with Gasteiger partial charge in [-0.25, -0.2) is 13.1 Å². The molecule has 1 N–H and O–H groups in total. The summed E-state index contributed by atoms with van der Waals surface area (Å²) in [7, 11) is -0.705. The first-order chi connectivity index (χ1) is 12.5. The van der Waals surface area contributed by atoms with Gasteiger partial charge in [-0.1, -0.05) is 0 Å². The van der Waals surface area contributed by atoms with Crippen LogP contribution in [0.15, 0.2) is 45.9 Å². The Balaban J connectivity index is 1.77. The molecule has 2 heterocycles. The zero-order valence-electron chi connectivity index (χ0n) is 15.0. The standard InChI is InChI=1S/C18H24N2O5S/c1-23-17-8-7-14(12-18(17)24-2)26(21,22)19-13-15(16-6-5-11-25-16)20-9-3-4-10-20/h5-8,11-12,15,19H,3-4,9-10,13H2,1-2H3/t15-/m0/s1. The second-order valence-corrected chi connectivity index (χ2v) is 7.91. The topological polar surface area (TPSA) is 81.0 Å². The van der Waals surface area contributed by atoms with Crippen LogP contribution in [0.25, 0.3) is 0 Å². The summed E-state index contributed by atoms with van der Waals surface area (Å²) in [5.41, 5.74) is 0. The molecule has 3 rings (SSSR count). The lowest BCUT2D eigenvalue weighted by Crippen LogP contribution is -2.36. The molecule has 0 unspecified atom stereocenters. The van der Waals surface area contributed by atoms with E-state index in [2.05, 4.69) is 9.62 Å². The summed E-state index contributed by atoms with van der Waals surface area (Å²) >= 11 is 0. The third-order valence-corrected chi connectivity index (χ3v) is 6.01. The number of benzene rings is 1. The number of likely N-dealkylation sites (tertiary alicyclic amines) is 1. The van der Waals surface area contributed by atoms with Crippen molar-refractivity contribution in [2.45, 2.75) is 23.8 Å². The molecule has 0 bridgehead atoms. The van der Waals surface area contributed by atoms with Crippen LogP contribution in [0.4, 0.5) is 0 Å². The molecule has 26 heavy (non-hydrogen) atoms. The van der Waals surface area contributed by atoms with Gasteiger partial charge in [0.25, 0.3) is 0 Å². The van der Waals surface area contributed by atoms with Gasteiger partial charge in [-0.15, -0.1) is 0 Å². The Kier molecular flexibility index (Phi) is 5.85. The Morgan fingerprint density at radius 1 is 1.15 bits per heavy atom. The zero-order chi connectivity index (χ0) is 18.6. The fourth-order valence-corrected chi connectivity index (χ4v) is 4.25. The van der Waals surface area contributed by atoms with Crippen molar-refractivity contribution < 1.29 is 22.3 Å². The van der Waals surface area contributed by atoms with Gasteiger partial charge in [0.05, 0.1) is 31.4 Å². The molecule has 0 aliphatic carbocycles. The third kappa shape index (κ3) is 4.03. The Morgan fingerprint density at radius 2 is 1.88 bits per heavy atom. The summed E-state index contributed by atoms with van der Waals surface area (Å²) in [6.45, 7) is 2.11. The number of sulfonamides is 1. The van der Waals surface area contributed by atoms with E-state index in [9.17, 15) is 8.42 Å². The lowest BCUT2D eigenvalue weighted by atomic mass is 10.2. The lowest BCUT2D eigenvalue weighted by Gasteiger charge is -2.26. The van der Waals surface area contributed by atoms with E-state index >= 15 is 0 Å². The molecule has 1 aromatic heterocycles. The van der Waals surface area contributed by atoms with Crippen molar-refractivity contribution in [3.05, 3.63) is 42.4 Å². The number of hydrogen-bond acceptors (Lipinski definition) is 6. The Hall–Kier alpha value is -2.03. The van der Waals surface area contributed by atoms with E-state index < -0.39 is 10.0 Å². The minimum absolute atomic E-state index is 0.123. The second kappa shape index (κ2) is 8.11. The van der Waals surface area contributed by atoms with E-state index in [1.54, 1.807) is 12.3 Å². The zero-order valence-corrected chi connectivity index (χ0v) is 15.8. The highest BCUT2D eigenvalue weighted by atomic mass is 32.2. The van der Waals surface area contributed by atoms with Crippen molar-refractivity contribution in [3.8, 4) is 11.5 Å². The predicted molar refractivity (Wildman–Crippen MR) is 97.0 cm³/mol. The molecule has 1 atom stereocenters. The molecule has 7 nitrogen and oxygen atoms in total. The number of ether oxygens (including phenoxy) is 2. The first kappa shape index (κ1) is 18.8. The van der Waals surface area contributed by atoms with Crippen LogP contribution in [0.5, 0.6) is 11.5 Å². The number of methoxy groups -OCH3 is 2. The smallest absolute Gasteiger partial charge is 0.240 e. The van der Waals surface area contributed by atoms with E-state index in [1.807, 2.05) is 12.1 Å². The minimum atomic E-state index is -3.69. The molecule has 1 aromatic carbocycles. The molecule has 1 fully saturated rings. The van der Waals surface area contributed by atoms with Gasteiger partial charge in [-0.05, 0) is 50.2 Å². The van der Waals surface area contributed by atoms with E-state index in [1.165, 1.54) is 26.4 Å². The predicted octanol–water partition coefficient (Wildman–Crippen LogP) is 2.41. The fourth-order valence-electron chi connectivity index (χ4n) is 3.20. The molecule has 0 spiro atoms. The van der Waals surface area contributed by atoms with Gasteiger partial charge >= 0.3 is 0 Å². The largest absolute Gasteiger partial charge is 0.493 e. The highest BCUT2D eigenvalue weighted by Crippen LogP contribution is 2.30. The number of furan rings is 1. The van der Waals surface area contributed by atoms with Gasteiger partial charge in [0.1, 0.15) is 5.76 Å². The fraction of sp³-hybridized carbons (Fsp3) is 0.444. The quantitative estimate of drug-likeness (QED) is 0.757. The number of nitrogens with zero attached hydrogens (tertiary/aromatic N) is 1. The summed E-state index contributed by atoms with van der Waals surface area (Å²) < 4.78 is 44.1. The number of hydrogen-bond donors (Lipinski definition) is 1. The molecule has 2 aromatic rings. The van der Waals surface area contributed by atoms with Crippen molar-refractivity contribution in [2.24, 2.45) is 0 Å². The monoisotopic (exact) mass is 380 g/mol. The highest BCUT2D eigenvalue weighted by Gasteiger charge is 2.27. The molecule has 1 aliphatic rings. The Labute approximate surface area is 153 Å². The Morgan fingerprint density at radius 3 is 2.50 bits per heavy atom. The maximum Gasteiger partial charge on any atom is 0.240 e. The summed E-state index contributed by atoms with van der Waals surface area (Å²) in [6.07, 6.45) is 3.83. The van der Waals surface area contributed by atoms with Gasteiger partial charge in [-0.3, -0.25) is 4.90 Å². The summed E-state index contributed by atoms with van der Waals surface area (Å²) in [4.78, 5) is 2.38. The number of rotatable bonds is 8. The molecule has 1 aliphatic heterocycles. The lowest BCUT2D eigenvalue weighted by molar-refractivity contribution is 0.216.